The highest BCUT2D eigenvalue weighted by atomic mass is 19.1. The first-order valence-corrected chi connectivity index (χ1v) is 4.98. The molecule has 84 valence electrons. The first-order valence-electron chi connectivity index (χ1n) is 4.98. The van der Waals surface area contributed by atoms with E-state index in [4.69, 9.17) is 10.2 Å². The van der Waals surface area contributed by atoms with Crippen molar-refractivity contribution in [2.75, 3.05) is 24.6 Å². The van der Waals surface area contributed by atoms with Gasteiger partial charge in [0, 0.05) is 24.3 Å². The molecule has 0 aliphatic carbocycles. The van der Waals surface area contributed by atoms with E-state index in [-0.39, 0.29) is 19.0 Å². The van der Waals surface area contributed by atoms with Crippen LogP contribution in [0.2, 0.25) is 0 Å². The Morgan fingerprint density at radius 2 is 2.07 bits per heavy atom. The topological polar surface area (TPSA) is 43.7 Å². The lowest BCUT2D eigenvalue weighted by atomic mass is 10.1. The Morgan fingerprint density at radius 1 is 1.33 bits per heavy atom. The molecule has 1 aromatic carbocycles. The molecule has 15 heavy (non-hydrogen) atoms. The molecule has 0 radical (unpaired) electrons. The van der Waals surface area contributed by atoms with Gasteiger partial charge in [0.1, 0.15) is 5.82 Å². The van der Waals surface area contributed by atoms with E-state index in [1.54, 1.807) is 6.07 Å². The maximum atomic E-state index is 12.9. The summed E-state index contributed by atoms with van der Waals surface area (Å²) < 4.78 is 12.9. The molecule has 0 unspecified atom stereocenters. The lowest BCUT2D eigenvalue weighted by molar-refractivity contribution is 0.280. The first-order chi connectivity index (χ1) is 7.22. The second kappa shape index (κ2) is 5.68. The summed E-state index contributed by atoms with van der Waals surface area (Å²) in [6.45, 7) is 2.97. The van der Waals surface area contributed by atoms with E-state index < -0.39 is 0 Å². The number of hydrogen-bond acceptors (Lipinski definition) is 3. The first kappa shape index (κ1) is 11.9. The average Bonchev–Trinajstić information content (AvgIpc) is 2.26. The summed E-state index contributed by atoms with van der Waals surface area (Å²) in [5, 5.41) is 18.0. The summed E-state index contributed by atoms with van der Waals surface area (Å²) in [5.41, 5.74) is 1.32. The Labute approximate surface area is 88.8 Å². The van der Waals surface area contributed by atoms with Crippen molar-refractivity contribution in [3.8, 4) is 0 Å². The van der Waals surface area contributed by atoms with Crippen LogP contribution in [-0.2, 0) is 6.61 Å². The fourth-order valence-corrected chi connectivity index (χ4v) is 1.56. The van der Waals surface area contributed by atoms with Gasteiger partial charge in [0.15, 0.2) is 0 Å². The third-order valence-electron chi connectivity index (χ3n) is 2.30. The van der Waals surface area contributed by atoms with Gasteiger partial charge in [0.25, 0.3) is 0 Å². The van der Waals surface area contributed by atoms with Crippen LogP contribution in [0.4, 0.5) is 10.1 Å². The Morgan fingerprint density at radius 3 is 2.60 bits per heavy atom. The summed E-state index contributed by atoms with van der Waals surface area (Å²) >= 11 is 0. The van der Waals surface area contributed by atoms with Gasteiger partial charge in [-0.2, -0.15) is 0 Å². The lowest BCUT2D eigenvalue weighted by Gasteiger charge is -2.24. The second-order valence-electron chi connectivity index (χ2n) is 3.23. The molecular formula is C11H16FNO2. The van der Waals surface area contributed by atoms with Gasteiger partial charge in [-0.1, -0.05) is 0 Å². The normalized spacial score (nSPS) is 10.4. The predicted molar refractivity (Wildman–Crippen MR) is 57.3 cm³/mol. The zero-order chi connectivity index (χ0) is 11.3. The van der Waals surface area contributed by atoms with Crippen LogP contribution in [-0.4, -0.2) is 29.9 Å². The fraction of sp³-hybridized carbons (Fsp3) is 0.455. The molecule has 0 atom stereocenters. The molecule has 0 aliphatic heterocycles. The number of benzene rings is 1. The number of likely N-dealkylation sites (N-methyl/N-ethyl adjacent to an activating group) is 1. The molecular weight excluding hydrogens is 197 g/mol. The van der Waals surface area contributed by atoms with E-state index in [0.29, 0.717) is 18.7 Å². The van der Waals surface area contributed by atoms with Gasteiger partial charge in [-0.05, 0) is 25.1 Å². The molecule has 0 bridgehead atoms. The maximum Gasteiger partial charge on any atom is 0.123 e. The third-order valence-corrected chi connectivity index (χ3v) is 2.30. The van der Waals surface area contributed by atoms with Crippen LogP contribution in [0.15, 0.2) is 18.2 Å². The van der Waals surface area contributed by atoms with Crippen LogP contribution >= 0.6 is 0 Å². The van der Waals surface area contributed by atoms with Crippen molar-refractivity contribution in [3.63, 3.8) is 0 Å². The Bertz CT molecular complexity index is 317. The van der Waals surface area contributed by atoms with Crippen LogP contribution in [0.25, 0.3) is 0 Å². The van der Waals surface area contributed by atoms with Crippen LogP contribution in [0.1, 0.15) is 12.5 Å². The lowest BCUT2D eigenvalue weighted by Crippen LogP contribution is -2.27. The molecule has 4 heteroatoms. The Balaban J connectivity index is 2.99. The minimum absolute atomic E-state index is 0.0378. The van der Waals surface area contributed by atoms with E-state index in [2.05, 4.69) is 0 Å². The number of hydrogen-bond donors (Lipinski definition) is 2. The molecule has 0 amide bonds. The highest BCUT2D eigenvalue weighted by Crippen LogP contribution is 2.21. The minimum atomic E-state index is -0.358. The van der Waals surface area contributed by atoms with Crippen molar-refractivity contribution in [1.29, 1.82) is 0 Å². The molecule has 0 saturated heterocycles. The van der Waals surface area contributed by atoms with Crippen LogP contribution in [0.5, 0.6) is 0 Å². The predicted octanol–water partition coefficient (Wildman–Crippen LogP) is 1.14. The molecule has 1 rings (SSSR count). The molecule has 2 N–H and O–H groups in total. The summed E-state index contributed by atoms with van der Waals surface area (Å²) in [6.07, 6.45) is 0. The molecule has 0 spiro atoms. The third kappa shape index (κ3) is 2.91. The smallest absolute Gasteiger partial charge is 0.123 e. The van der Waals surface area contributed by atoms with Gasteiger partial charge in [-0.25, -0.2) is 4.39 Å². The minimum Gasteiger partial charge on any atom is -0.395 e. The van der Waals surface area contributed by atoms with Crippen LogP contribution in [0, 0.1) is 5.82 Å². The summed E-state index contributed by atoms with van der Waals surface area (Å²) in [4.78, 5) is 1.89. The summed E-state index contributed by atoms with van der Waals surface area (Å²) in [5.74, 6) is -0.358. The largest absolute Gasteiger partial charge is 0.395 e. The summed E-state index contributed by atoms with van der Waals surface area (Å²) in [7, 11) is 0. The molecule has 0 saturated carbocycles. The van der Waals surface area contributed by atoms with E-state index in [9.17, 15) is 4.39 Å². The van der Waals surface area contributed by atoms with Crippen LogP contribution < -0.4 is 4.90 Å². The standard InChI is InChI=1S/C11H16FNO2/c1-2-13(5-6-14)11-4-3-10(12)7-9(11)8-15/h3-4,7,14-15H,2,5-6,8H2,1H3. The van der Waals surface area contributed by atoms with E-state index >= 15 is 0 Å². The quantitative estimate of drug-likeness (QED) is 0.770. The molecule has 0 fully saturated rings. The highest BCUT2D eigenvalue weighted by molar-refractivity contribution is 5.53. The number of aliphatic hydroxyl groups excluding tert-OH is 2. The summed E-state index contributed by atoms with van der Waals surface area (Å²) in [6, 6.07) is 4.30. The van der Waals surface area contributed by atoms with Crippen molar-refractivity contribution in [2.45, 2.75) is 13.5 Å². The van der Waals surface area contributed by atoms with Gasteiger partial charge in [0.2, 0.25) is 0 Å². The van der Waals surface area contributed by atoms with Crippen molar-refractivity contribution < 1.29 is 14.6 Å². The Kier molecular flexibility index (Phi) is 4.52. The van der Waals surface area contributed by atoms with Gasteiger partial charge in [-0.3, -0.25) is 0 Å². The van der Waals surface area contributed by atoms with Gasteiger partial charge < -0.3 is 15.1 Å². The number of rotatable bonds is 5. The van der Waals surface area contributed by atoms with Gasteiger partial charge >= 0.3 is 0 Å². The molecule has 1 aromatic rings. The Hall–Kier alpha value is -1.13. The molecule has 0 aliphatic rings. The number of aliphatic hydroxyl groups is 2. The van der Waals surface area contributed by atoms with E-state index in [1.165, 1.54) is 12.1 Å². The van der Waals surface area contributed by atoms with Crippen molar-refractivity contribution in [2.24, 2.45) is 0 Å². The monoisotopic (exact) mass is 213 g/mol. The number of halogens is 1. The van der Waals surface area contributed by atoms with E-state index in [1.807, 2.05) is 11.8 Å². The van der Waals surface area contributed by atoms with Crippen molar-refractivity contribution >= 4 is 5.69 Å². The fourth-order valence-electron chi connectivity index (χ4n) is 1.56. The number of nitrogens with zero attached hydrogens (tertiary/aromatic N) is 1. The second-order valence-corrected chi connectivity index (χ2v) is 3.23. The molecule has 0 aromatic heterocycles. The molecule has 0 heterocycles. The van der Waals surface area contributed by atoms with E-state index in [0.717, 1.165) is 5.69 Å². The number of anilines is 1. The zero-order valence-electron chi connectivity index (χ0n) is 8.78. The SMILES string of the molecule is CCN(CCO)c1ccc(F)cc1CO. The van der Waals surface area contributed by atoms with Crippen molar-refractivity contribution in [1.82, 2.24) is 0 Å². The highest BCUT2D eigenvalue weighted by Gasteiger charge is 2.09. The molecule has 3 nitrogen and oxygen atoms in total. The average molecular weight is 213 g/mol. The van der Waals surface area contributed by atoms with Crippen LogP contribution in [0.3, 0.4) is 0 Å². The van der Waals surface area contributed by atoms with Gasteiger partial charge in [0.05, 0.1) is 13.2 Å². The zero-order valence-corrected chi connectivity index (χ0v) is 8.78. The maximum absolute atomic E-state index is 12.9. The van der Waals surface area contributed by atoms with Crippen molar-refractivity contribution in [3.05, 3.63) is 29.6 Å². The van der Waals surface area contributed by atoms with Gasteiger partial charge in [-0.15, -0.1) is 0 Å².